The average molecular weight is 372 g/mol. The van der Waals surface area contributed by atoms with Crippen LogP contribution in [0.5, 0.6) is 0 Å². The first-order valence-electron chi connectivity index (χ1n) is 9.41. The lowest BCUT2D eigenvalue weighted by molar-refractivity contribution is 0.0244. The molecule has 0 unspecified atom stereocenters. The zero-order valence-corrected chi connectivity index (χ0v) is 16.5. The quantitative estimate of drug-likeness (QED) is 0.897. The molecule has 146 valence electrons. The van der Waals surface area contributed by atoms with Crippen LogP contribution < -0.4 is 0 Å². The first kappa shape index (κ1) is 19.2. The van der Waals surface area contributed by atoms with E-state index >= 15 is 0 Å². The van der Waals surface area contributed by atoms with Gasteiger partial charge in [0.25, 0.3) is 5.91 Å². The Morgan fingerprint density at radius 1 is 1.33 bits per heavy atom. The Kier molecular flexibility index (Phi) is 5.39. The molecule has 1 fully saturated rings. The fraction of sp³-hybridized carbons (Fsp3) is 0.550. The third-order valence-corrected chi connectivity index (χ3v) is 4.72. The number of para-hydroxylation sites is 1. The molecule has 7 nitrogen and oxygen atoms in total. The molecule has 1 aromatic carbocycles. The number of likely N-dealkylation sites (tertiary alicyclic amines) is 1. The van der Waals surface area contributed by atoms with Crippen LogP contribution in [-0.2, 0) is 4.74 Å². The number of carbonyl (C=O) groups excluding carboxylic acids is 2. The number of nitrogens with one attached hydrogen (secondary N) is 1. The third-order valence-electron chi connectivity index (χ3n) is 4.72. The predicted octanol–water partition coefficient (Wildman–Crippen LogP) is 3.28. The van der Waals surface area contributed by atoms with E-state index < -0.39 is 5.60 Å². The Morgan fingerprint density at radius 3 is 2.81 bits per heavy atom. The van der Waals surface area contributed by atoms with Gasteiger partial charge in [0, 0.05) is 32.1 Å². The van der Waals surface area contributed by atoms with Crippen molar-refractivity contribution in [1.29, 1.82) is 0 Å². The minimum Gasteiger partial charge on any atom is -0.444 e. The highest BCUT2D eigenvalue weighted by molar-refractivity contribution is 6.04. The maximum Gasteiger partial charge on any atom is 0.410 e. The van der Waals surface area contributed by atoms with E-state index in [0.717, 1.165) is 23.7 Å². The van der Waals surface area contributed by atoms with Crippen LogP contribution in [0.25, 0.3) is 10.9 Å². The van der Waals surface area contributed by atoms with Crippen LogP contribution in [-0.4, -0.2) is 64.3 Å². The number of aromatic nitrogens is 2. The number of benzene rings is 1. The van der Waals surface area contributed by atoms with Crippen molar-refractivity contribution in [1.82, 2.24) is 20.0 Å². The number of nitrogens with zero attached hydrogens (tertiary/aromatic N) is 3. The van der Waals surface area contributed by atoms with Crippen molar-refractivity contribution in [2.24, 2.45) is 5.92 Å². The summed E-state index contributed by atoms with van der Waals surface area (Å²) in [5, 5.41) is 7.99. The second-order valence-electron chi connectivity index (χ2n) is 8.24. The molecule has 0 bridgehead atoms. The number of rotatable bonds is 3. The molecule has 2 amide bonds. The van der Waals surface area contributed by atoms with Crippen molar-refractivity contribution in [2.75, 3.05) is 26.7 Å². The third kappa shape index (κ3) is 4.59. The zero-order valence-electron chi connectivity index (χ0n) is 16.5. The molecule has 1 saturated heterocycles. The molecular formula is C20H28N4O3. The Balaban J connectivity index is 1.64. The minimum absolute atomic E-state index is 0.0583. The Morgan fingerprint density at radius 2 is 2.07 bits per heavy atom. The van der Waals surface area contributed by atoms with E-state index in [1.54, 1.807) is 11.9 Å². The maximum atomic E-state index is 13.0. The van der Waals surface area contributed by atoms with E-state index in [9.17, 15) is 9.59 Å². The maximum absolute atomic E-state index is 13.0. The predicted molar refractivity (Wildman–Crippen MR) is 104 cm³/mol. The van der Waals surface area contributed by atoms with Gasteiger partial charge in [-0.05, 0) is 45.6 Å². The molecule has 0 saturated carbocycles. The summed E-state index contributed by atoms with van der Waals surface area (Å²) in [5.74, 6) is 0.169. The molecule has 3 rings (SSSR count). The van der Waals surface area contributed by atoms with Crippen molar-refractivity contribution in [3.63, 3.8) is 0 Å². The summed E-state index contributed by atoms with van der Waals surface area (Å²) in [6.45, 7) is 7.47. The van der Waals surface area contributed by atoms with E-state index in [0.29, 0.717) is 25.3 Å². The van der Waals surface area contributed by atoms with Crippen molar-refractivity contribution < 1.29 is 14.3 Å². The lowest BCUT2D eigenvalue weighted by atomic mass is 9.97. The summed E-state index contributed by atoms with van der Waals surface area (Å²) in [7, 11) is 1.75. The van der Waals surface area contributed by atoms with E-state index in [-0.39, 0.29) is 17.9 Å². The molecular weight excluding hydrogens is 344 g/mol. The standard InChI is InChI=1S/C20H28N4O3/c1-20(2,3)27-19(26)23(4)12-14-8-7-11-24(13-14)18(25)17-15-9-5-6-10-16(15)21-22-17/h5-6,9-10,14H,7-8,11-13H2,1-4H3,(H,21,22)/t14-/m0/s1. The lowest BCUT2D eigenvalue weighted by Crippen LogP contribution is -2.45. The van der Waals surface area contributed by atoms with Gasteiger partial charge < -0.3 is 14.5 Å². The number of fused-ring (bicyclic) bond motifs is 1. The van der Waals surface area contributed by atoms with Gasteiger partial charge in [-0.25, -0.2) is 4.79 Å². The summed E-state index contributed by atoms with van der Waals surface area (Å²) >= 11 is 0. The lowest BCUT2D eigenvalue weighted by Gasteiger charge is -2.34. The summed E-state index contributed by atoms with van der Waals surface area (Å²) in [6, 6.07) is 7.64. The van der Waals surface area contributed by atoms with Gasteiger partial charge in [-0.3, -0.25) is 9.89 Å². The van der Waals surface area contributed by atoms with Crippen LogP contribution in [0.2, 0.25) is 0 Å². The molecule has 7 heteroatoms. The van der Waals surface area contributed by atoms with Gasteiger partial charge in [0.2, 0.25) is 0 Å². The molecule has 0 spiro atoms. The van der Waals surface area contributed by atoms with Crippen LogP contribution in [0.15, 0.2) is 24.3 Å². The van der Waals surface area contributed by atoms with Crippen LogP contribution in [0, 0.1) is 5.92 Å². The Bertz CT molecular complexity index is 824. The monoisotopic (exact) mass is 372 g/mol. The van der Waals surface area contributed by atoms with Gasteiger partial charge in [0.15, 0.2) is 5.69 Å². The minimum atomic E-state index is -0.513. The number of amides is 2. The molecule has 1 aliphatic heterocycles. The van der Waals surface area contributed by atoms with E-state index in [4.69, 9.17) is 4.74 Å². The number of aromatic amines is 1. The summed E-state index contributed by atoms with van der Waals surface area (Å²) < 4.78 is 5.41. The van der Waals surface area contributed by atoms with Crippen molar-refractivity contribution >= 4 is 22.9 Å². The molecule has 1 atom stereocenters. The van der Waals surface area contributed by atoms with Crippen LogP contribution in [0.1, 0.15) is 44.1 Å². The SMILES string of the molecule is CN(C[C@@H]1CCCN(C(=O)c2n[nH]c3ccccc23)C1)C(=O)OC(C)(C)C. The number of ether oxygens (including phenoxy) is 1. The fourth-order valence-electron chi connectivity index (χ4n) is 3.48. The Hall–Kier alpha value is -2.57. The second kappa shape index (κ2) is 7.58. The number of H-pyrrole nitrogens is 1. The normalized spacial score (nSPS) is 17.8. The van der Waals surface area contributed by atoms with E-state index in [1.807, 2.05) is 49.9 Å². The second-order valence-corrected chi connectivity index (χ2v) is 8.24. The highest BCUT2D eigenvalue weighted by Gasteiger charge is 2.29. The first-order valence-corrected chi connectivity index (χ1v) is 9.41. The average Bonchev–Trinajstić information content (AvgIpc) is 3.04. The highest BCUT2D eigenvalue weighted by atomic mass is 16.6. The van der Waals surface area contributed by atoms with Gasteiger partial charge in [0.05, 0.1) is 5.52 Å². The number of hydrogen-bond donors (Lipinski definition) is 1. The van der Waals surface area contributed by atoms with Crippen molar-refractivity contribution in [2.45, 2.75) is 39.2 Å². The molecule has 1 aromatic heterocycles. The van der Waals surface area contributed by atoms with Crippen molar-refractivity contribution in [3.8, 4) is 0 Å². The molecule has 2 aromatic rings. The van der Waals surface area contributed by atoms with Crippen LogP contribution >= 0.6 is 0 Å². The first-order chi connectivity index (χ1) is 12.7. The molecule has 2 heterocycles. The highest BCUT2D eigenvalue weighted by Crippen LogP contribution is 2.22. The summed E-state index contributed by atoms with van der Waals surface area (Å²) in [5.41, 5.74) is 0.812. The summed E-state index contributed by atoms with van der Waals surface area (Å²) in [4.78, 5) is 28.6. The number of piperidine rings is 1. The van der Waals surface area contributed by atoms with Gasteiger partial charge >= 0.3 is 6.09 Å². The Labute approximate surface area is 159 Å². The van der Waals surface area contributed by atoms with Gasteiger partial charge in [-0.15, -0.1) is 0 Å². The largest absolute Gasteiger partial charge is 0.444 e. The van der Waals surface area contributed by atoms with Gasteiger partial charge in [-0.2, -0.15) is 5.10 Å². The number of hydrogen-bond acceptors (Lipinski definition) is 4. The van der Waals surface area contributed by atoms with Crippen LogP contribution in [0.4, 0.5) is 4.79 Å². The smallest absolute Gasteiger partial charge is 0.410 e. The van der Waals surface area contributed by atoms with Crippen LogP contribution in [0.3, 0.4) is 0 Å². The van der Waals surface area contributed by atoms with Gasteiger partial charge in [0.1, 0.15) is 5.60 Å². The van der Waals surface area contributed by atoms with E-state index in [2.05, 4.69) is 10.2 Å². The molecule has 0 radical (unpaired) electrons. The fourth-order valence-corrected chi connectivity index (χ4v) is 3.48. The van der Waals surface area contributed by atoms with Gasteiger partial charge in [-0.1, -0.05) is 18.2 Å². The topological polar surface area (TPSA) is 78.5 Å². The molecule has 0 aliphatic carbocycles. The van der Waals surface area contributed by atoms with Crippen molar-refractivity contribution in [3.05, 3.63) is 30.0 Å². The summed E-state index contributed by atoms with van der Waals surface area (Å²) in [6.07, 6.45) is 1.57. The molecule has 1 N–H and O–H groups in total. The molecule has 27 heavy (non-hydrogen) atoms. The number of carbonyl (C=O) groups is 2. The zero-order chi connectivity index (χ0) is 19.6. The molecule has 1 aliphatic rings. The van der Waals surface area contributed by atoms with E-state index in [1.165, 1.54) is 0 Å².